The van der Waals surface area contributed by atoms with Crippen LogP contribution in [0.5, 0.6) is 11.5 Å². The molecule has 2 aliphatic carbocycles. The van der Waals surface area contributed by atoms with Gasteiger partial charge in [-0.2, -0.15) is 0 Å². The molecule has 5 heteroatoms. The van der Waals surface area contributed by atoms with Gasteiger partial charge in [-0.3, -0.25) is 0 Å². The molecule has 1 N–H and O–H groups in total. The van der Waals surface area contributed by atoms with E-state index in [9.17, 15) is 5.11 Å². The van der Waals surface area contributed by atoms with E-state index < -0.39 is 6.10 Å². The minimum absolute atomic E-state index is 0.0973. The van der Waals surface area contributed by atoms with Crippen LogP contribution in [0.25, 0.3) is 0 Å². The highest BCUT2D eigenvalue weighted by molar-refractivity contribution is 9.09. The molecule has 23 heavy (non-hydrogen) atoms. The zero-order valence-corrected chi connectivity index (χ0v) is 14.6. The summed E-state index contributed by atoms with van der Waals surface area (Å²) in [7, 11) is 2.22. The SMILES string of the molecule is CN1CC[C@]23c4c5ccc(OCBr)c4O[C@H]2[C@@H](O)C=C[C@H]3[C@H]1C5. The van der Waals surface area contributed by atoms with Crippen LogP contribution < -0.4 is 9.47 Å². The number of likely N-dealkylation sites (tertiary alicyclic amines) is 1. The molecule has 4 nitrogen and oxygen atoms in total. The Labute approximate surface area is 144 Å². The molecule has 5 rings (SSSR count). The van der Waals surface area contributed by atoms with Crippen molar-refractivity contribution in [3.63, 3.8) is 0 Å². The topological polar surface area (TPSA) is 41.9 Å². The van der Waals surface area contributed by atoms with E-state index in [1.165, 1.54) is 11.1 Å². The van der Waals surface area contributed by atoms with Gasteiger partial charge in [0, 0.05) is 22.9 Å². The number of aliphatic hydroxyl groups is 1. The molecule has 0 radical (unpaired) electrons. The Morgan fingerprint density at radius 3 is 3.13 bits per heavy atom. The van der Waals surface area contributed by atoms with Gasteiger partial charge in [0.2, 0.25) is 0 Å². The largest absolute Gasteiger partial charge is 0.482 e. The fourth-order valence-corrected chi connectivity index (χ4v) is 5.65. The van der Waals surface area contributed by atoms with Gasteiger partial charge in [-0.15, -0.1) is 0 Å². The van der Waals surface area contributed by atoms with Crippen LogP contribution in [0.1, 0.15) is 17.5 Å². The lowest BCUT2D eigenvalue weighted by Crippen LogP contribution is -2.64. The van der Waals surface area contributed by atoms with Gasteiger partial charge >= 0.3 is 0 Å². The highest BCUT2D eigenvalue weighted by Gasteiger charge is 2.64. The number of ether oxygens (including phenoxy) is 2. The standard InChI is InChI=1S/C18H20BrNO3/c1-20-7-6-18-11-3-4-13(21)17(18)23-16-14(22-9-19)5-2-10(15(16)18)8-12(11)20/h2-5,11-13,17,21H,6-9H2,1H3/t11-,12+,13-,17-,18-/m0/s1. The van der Waals surface area contributed by atoms with Crippen molar-refractivity contribution in [2.24, 2.45) is 5.92 Å². The van der Waals surface area contributed by atoms with Crippen molar-refractivity contribution in [2.75, 3.05) is 19.1 Å². The summed E-state index contributed by atoms with van der Waals surface area (Å²) in [5.74, 6) is 2.05. The fourth-order valence-electron chi connectivity index (χ4n) is 5.40. The smallest absolute Gasteiger partial charge is 0.166 e. The Morgan fingerprint density at radius 1 is 1.43 bits per heavy atom. The number of alkyl halides is 1. The number of benzene rings is 1. The van der Waals surface area contributed by atoms with Crippen LogP contribution >= 0.6 is 15.9 Å². The number of hydrogen-bond donors (Lipinski definition) is 1. The van der Waals surface area contributed by atoms with Gasteiger partial charge in [0.05, 0.1) is 0 Å². The van der Waals surface area contributed by atoms with Crippen LogP contribution in [0, 0.1) is 5.92 Å². The monoisotopic (exact) mass is 377 g/mol. The molecule has 122 valence electrons. The Morgan fingerprint density at radius 2 is 2.30 bits per heavy atom. The first-order chi connectivity index (χ1) is 11.2. The van der Waals surface area contributed by atoms with Crippen molar-refractivity contribution in [2.45, 2.75) is 36.5 Å². The van der Waals surface area contributed by atoms with Crippen LogP contribution in [0.2, 0.25) is 0 Å². The molecule has 2 bridgehead atoms. The Hall–Kier alpha value is -1.04. The minimum atomic E-state index is -0.550. The Kier molecular flexibility index (Phi) is 2.95. The quantitative estimate of drug-likeness (QED) is 0.633. The summed E-state index contributed by atoms with van der Waals surface area (Å²) in [6.07, 6.45) is 5.49. The van der Waals surface area contributed by atoms with Crippen LogP contribution in [-0.2, 0) is 11.8 Å². The number of piperidine rings is 1. The molecule has 1 aromatic carbocycles. The third-order valence-electron chi connectivity index (χ3n) is 6.34. The van der Waals surface area contributed by atoms with Crippen molar-refractivity contribution >= 4 is 15.9 Å². The summed E-state index contributed by atoms with van der Waals surface area (Å²) >= 11 is 3.34. The third kappa shape index (κ3) is 1.63. The molecule has 2 aliphatic heterocycles. The summed E-state index contributed by atoms with van der Waals surface area (Å²) in [6.45, 7) is 1.05. The van der Waals surface area contributed by atoms with Crippen molar-refractivity contribution in [3.8, 4) is 11.5 Å². The zero-order valence-electron chi connectivity index (χ0n) is 13.0. The normalized spacial score (nSPS) is 39.8. The summed E-state index contributed by atoms with van der Waals surface area (Å²) in [6, 6.07) is 4.69. The summed E-state index contributed by atoms with van der Waals surface area (Å²) in [5.41, 5.74) is 3.01. The summed E-state index contributed by atoms with van der Waals surface area (Å²) in [4.78, 5) is 2.47. The maximum absolute atomic E-state index is 10.6. The predicted molar refractivity (Wildman–Crippen MR) is 90.3 cm³/mol. The first-order valence-electron chi connectivity index (χ1n) is 8.25. The molecule has 0 amide bonds. The minimum Gasteiger partial charge on any atom is -0.482 e. The second-order valence-electron chi connectivity index (χ2n) is 7.16. The van der Waals surface area contributed by atoms with E-state index >= 15 is 0 Å². The first kappa shape index (κ1) is 14.3. The second kappa shape index (κ2) is 4.74. The third-order valence-corrected chi connectivity index (χ3v) is 6.57. The number of halogens is 1. The molecule has 5 atom stereocenters. The van der Waals surface area contributed by atoms with Gasteiger partial charge in [-0.1, -0.05) is 18.2 Å². The molecule has 2 heterocycles. The van der Waals surface area contributed by atoms with Gasteiger partial charge in [0.25, 0.3) is 0 Å². The van der Waals surface area contributed by atoms with Crippen LogP contribution in [0.15, 0.2) is 24.3 Å². The van der Waals surface area contributed by atoms with Gasteiger partial charge in [0.1, 0.15) is 17.7 Å². The second-order valence-corrected chi connectivity index (χ2v) is 7.62. The number of nitrogens with zero attached hydrogens (tertiary/aromatic N) is 1. The van der Waals surface area contributed by atoms with E-state index in [4.69, 9.17) is 9.47 Å². The Bertz CT molecular complexity index is 706. The first-order valence-corrected chi connectivity index (χ1v) is 9.37. The van der Waals surface area contributed by atoms with E-state index in [-0.39, 0.29) is 11.5 Å². The zero-order chi connectivity index (χ0) is 15.8. The van der Waals surface area contributed by atoms with E-state index in [0.717, 1.165) is 30.9 Å². The van der Waals surface area contributed by atoms with Gasteiger partial charge < -0.3 is 19.5 Å². The molecule has 1 fully saturated rings. The predicted octanol–water partition coefficient (Wildman–Crippen LogP) is 2.22. The van der Waals surface area contributed by atoms with Crippen molar-refractivity contribution in [1.82, 2.24) is 4.90 Å². The molecular weight excluding hydrogens is 358 g/mol. The van der Waals surface area contributed by atoms with E-state index in [1.54, 1.807) is 0 Å². The Balaban J connectivity index is 1.78. The molecule has 0 saturated carbocycles. The number of rotatable bonds is 2. The van der Waals surface area contributed by atoms with E-state index in [2.05, 4.69) is 40.0 Å². The lowest BCUT2D eigenvalue weighted by atomic mass is 9.53. The summed E-state index contributed by atoms with van der Waals surface area (Å²) < 4.78 is 12.1. The number of likely N-dealkylation sites (N-methyl/N-ethyl adjacent to an activating group) is 1. The fraction of sp³-hybridized carbons (Fsp3) is 0.556. The lowest BCUT2D eigenvalue weighted by Gasteiger charge is -2.56. The van der Waals surface area contributed by atoms with Gasteiger partial charge in [-0.05, 0) is 54.0 Å². The molecule has 0 unspecified atom stereocenters. The van der Waals surface area contributed by atoms with Crippen molar-refractivity contribution in [3.05, 3.63) is 35.4 Å². The maximum Gasteiger partial charge on any atom is 0.166 e. The number of hydrogen-bond acceptors (Lipinski definition) is 4. The molecular formula is C18H20BrNO3. The number of aliphatic hydroxyl groups excluding tert-OH is 1. The van der Waals surface area contributed by atoms with Crippen LogP contribution in [0.3, 0.4) is 0 Å². The molecule has 0 aromatic heterocycles. The average molecular weight is 378 g/mol. The molecule has 1 aromatic rings. The van der Waals surface area contributed by atoms with Crippen molar-refractivity contribution in [1.29, 1.82) is 0 Å². The van der Waals surface area contributed by atoms with E-state index in [0.29, 0.717) is 17.5 Å². The summed E-state index contributed by atoms with van der Waals surface area (Å²) in [5, 5.41) is 10.6. The molecule has 4 aliphatic rings. The highest BCUT2D eigenvalue weighted by atomic mass is 79.9. The highest BCUT2D eigenvalue weighted by Crippen LogP contribution is 2.62. The lowest BCUT2D eigenvalue weighted by molar-refractivity contribution is -0.0453. The van der Waals surface area contributed by atoms with Gasteiger partial charge in [0.15, 0.2) is 11.5 Å². The maximum atomic E-state index is 10.6. The molecule has 1 spiro atoms. The van der Waals surface area contributed by atoms with Crippen LogP contribution in [-0.4, -0.2) is 47.4 Å². The average Bonchev–Trinajstić information content (AvgIpc) is 2.90. The van der Waals surface area contributed by atoms with E-state index in [1.807, 2.05) is 12.1 Å². The van der Waals surface area contributed by atoms with Gasteiger partial charge in [-0.25, -0.2) is 0 Å². The van der Waals surface area contributed by atoms with Crippen molar-refractivity contribution < 1.29 is 14.6 Å². The molecule has 1 saturated heterocycles. The van der Waals surface area contributed by atoms with Crippen LogP contribution in [0.4, 0.5) is 0 Å².